The standard InChI is InChI=1S/C12H7F4N.3C12H6F4N.CH4.Ir/c4*13-10-5-4-8(7-9(10)12(14,15)16)11-3-1-2-6-17-11;;/h1-7H;3*1-3,5-7H;1H4;/q;3*-1;;+3. The number of pyridine rings is 4. The van der Waals surface area contributed by atoms with Crippen molar-refractivity contribution in [3.63, 3.8) is 0 Å². The first kappa shape index (κ1) is 57.3. The minimum Gasteiger partial charge on any atom is -0.305 e. The Hall–Kier alpha value is -6.99. The second kappa shape index (κ2) is 24.5. The van der Waals surface area contributed by atoms with Gasteiger partial charge in [-0.1, -0.05) is 49.9 Å². The quantitative estimate of drug-likeness (QED) is 0.130. The smallest absolute Gasteiger partial charge is 0.305 e. The van der Waals surface area contributed by atoms with Crippen LogP contribution in [0.1, 0.15) is 29.7 Å². The van der Waals surface area contributed by atoms with Crippen LogP contribution in [0, 0.1) is 41.5 Å². The molecule has 0 radical (unpaired) electrons. The molecule has 21 heteroatoms. The molecule has 4 aromatic heterocycles. The molecule has 0 atom stereocenters. The van der Waals surface area contributed by atoms with E-state index in [0.717, 1.165) is 12.1 Å². The van der Waals surface area contributed by atoms with Gasteiger partial charge in [-0.05, 0) is 65.6 Å². The molecule has 4 aromatic carbocycles. The predicted molar refractivity (Wildman–Crippen MR) is 222 cm³/mol. The van der Waals surface area contributed by atoms with Crippen LogP contribution in [0.25, 0.3) is 45.0 Å². The SMILES string of the molecule is C.Fc1c[c-]c(-c2ccccn2)cc1C(F)(F)F.Fc1c[c-]c(-c2ccccn2)cc1C(F)(F)F.Fc1c[c-]c(-c2ccccn2)cc1C(F)(F)F.Fc1ccc(-c2ccccn2)cc1C(F)(F)F.[Ir+3]. The topological polar surface area (TPSA) is 51.6 Å². The van der Waals surface area contributed by atoms with Crippen LogP contribution in [-0.2, 0) is 44.8 Å². The van der Waals surface area contributed by atoms with Crippen LogP contribution >= 0.6 is 0 Å². The molecule has 0 saturated heterocycles. The number of aromatic nitrogens is 4. The molecule has 0 bridgehead atoms. The summed E-state index contributed by atoms with van der Waals surface area (Å²) < 4.78 is 202. The largest absolute Gasteiger partial charge is 3.00 e. The fourth-order valence-corrected chi connectivity index (χ4v) is 5.52. The van der Waals surface area contributed by atoms with E-state index in [0.29, 0.717) is 59.2 Å². The van der Waals surface area contributed by atoms with Crippen LogP contribution in [0.15, 0.2) is 152 Å². The van der Waals surface area contributed by atoms with Crippen molar-refractivity contribution in [2.75, 3.05) is 0 Å². The van der Waals surface area contributed by atoms with E-state index in [-0.39, 0.29) is 49.8 Å². The Morgan fingerprint density at radius 1 is 0.329 bits per heavy atom. The maximum absolute atomic E-state index is 13.0. The van der Waals surface area contributed by atoms with Gasteiger partial charge < -0.3 is 15.0 Å². The van der Waals surface area contributed by atoms with Crippen LogP contribution in [0.2, 0.25) is 0 Å². The number of alkyl halides is 12. The van der Waals surface area contributed by atoms with Crippen molar-refractivity contribution in [2.24, 2.45) is 0 Å². The second-order valence-electron chi connectivity index (χ2n) is 13.4. The average molecular weight is 1170 g/mol. The molecule has 0 fully saturated rings. The Labute approximate surface area is 402 Å². The van der Waals surface area contributed by atoms with Gasteiger partial charge in [0.15, 0.2) is 0 Å². The second-order valence-corrected chi connectivity index (χ2v) is 13.4. The molecule has 8 rings (SSSR count). The summed E-state index contributed by atoms with van der Waals surface area (Å²) in [5.74, 6) is -5.29. The fourth-order valence-electron chi connectivity index (χ4n) is 5.52. The van der Waals surface area contributed by atoms with E-state index < -0.39 is 70.2 Å². The number of halogens is 16. The van der Waals surface area contributed by atoms with Crippen molar-refractivity contribution in [3.05, 3.63) is 216 Å². The summed E-state index contributed by atoms with van der Waals surface area (Å²) in [5, 5.41) is 0. The molecule has 4 heterocycles. The molecule has 0 saturated carbocycles. The Morgan fingerprint density at radius 2 is 0.600 bits per heavy atom. The molecule has 4 nitrogen and oxygen atoms in total. The van der Waals surface area contributed by atoms with Gasteiger partial charge in [0.25, 0.3) is 0 Å². The van der Waals surface area contributed by atoms with Gasteiger partial charge in [-0.25, -0.2) is 4.39 Å². The van der Waals surface area contributed by atoms with Gasteiger partial charge in [-0.15, -0.1) is 71.3 Å². The van der Waals surface area contributed by atoms with Crippen LogP contribution < -0.4 is 0 Å². The van der Waals surface area contributed by atoms with E-state index in [1.165, 1.54) is 49.1 Å². The summed E-state index contributed by atoms with van der Waals surface area (Å²) >= 11 is 0. The summed E-state index contributed by atoms with van der Waals surface area (Å²) in [6.07, 6.45) is -13.1. The van der Waals surface area contributed by atoms with Crippen molar-refractivity contribution in [1.29, 1.82) is 0 Å². The number of hydrogen-bond acceptors (Lipinski definition) is 4. The summed E-state index contributed by atoms with van der Waals surface area (Å²) in [5.41, 5.74) is -3.31. The molecule has 0 aliphatic carbocycles. The van der Waals surface area contributed by atoms with E-state index in [4.69, 9.17) is 0 Å². The van der Waals surface area contributed by atoms with Crippen molar-refractivity contribution < 1.29 is 90.4 Å². The van der Waals surface area contributed by atoms with E-state index in [9.17, 15) is 70.2 Å². The van der Waals surface area contributed by atoms with Gasteiger partial charge >= 0.3 is 44.8 Å². The molecular weight excluding hydrogens is 1140 g/mol. The van der Waals surface area contributed by atoms with E-state index in [1.807, 2.05) is 0 Å². The molecule has 0 aliphatic heterocycles. The van der Waals surface area contributed by atoms with Crippen molar-refractivity contribution in [2.45, 2.75) is 32.1 Å². The maximum atomic E-state index is 13.0. The molecule has 0 unspecified atom stereocenters. The molecule has 366 valence electrons. The summed E-state index contributed by atoms with van der Waals surface area (Å²) in [6.45, 7) is 0. The van der Waals surface area contributed by atoms with Crippen molar-refractivity contribution in [1.82, 2.24) is 19.9 Å². The summed E-state index contributed by atoms with van der Waals surface area (Å²) in [6, 6.07) is 33.5. The zero-order valence-electron chi connectivity index (χ0n) is 34.1. The Balaban J connectivity index is 0.000000245. The number of benzene rings is 4. The molecule has 70 heavy (non-hydrogen) atoms. The molecule has 0 amide bonds. The monoisotopic (exact) mass is 1170 g/mol. The van der Waals surface area contributed by atoms with E-state index in [1.54, 1.807) is 54.6 Å². The van der Waals surface area contributed by atoms with Gasteiger partial charge in [0.2, 0.25) is 0 Å². The van der Waals surface area contributed by atoms with Crippen LogP contribution in [0.3, 0.4) is 0 Å². The Bertz CT molecular complexity index is 2480. The zero-order chi connectivity index (χ0) is 49.9. The molecule has 8 aromatic rings. The summed E-state index contributed by atoms with van der Waals surface area (Å²) in [4.78, 5) is 15.6. The fraction of sp³-hybridized carbons (Fsp3) is 0.102. The van der Waals surface area contributed by atoms with Crippen LogP contribution in [0.5, 0.6) is 0 Å². The van der Waals surface area contributed by atoms with Crippen LogP contribution in [0.4, 0.5) is 70.2 Å². The third-order valence-corrected chi connectivity index (χ3v) is 8.67. The average Bonchev–Trinajstić information content (AvgIpc) is 3.30. The van der Waals surface area contributed by atoms with E-state index >= 15 is 0 Å². The van der Waals surface area contributed by atoms with E-state index in [2.05, 4.69) is 38.1 Å². The minimum absolute atomic E-state index is 0. The first-order valence-corrected chi connectivity index (χ1v) is 18.8. The Morgan fingerprint density at radius 3 is 0.857 bits per heavy atom. The first-order valence-electron chi connectivity index (χ1n) is 18.8. The number of hydrogen-bond donors (Lipinski definition) is 0. The van der Waals surface area contributed by atoms with Crippen molar-refractivity contribution in [3.8, 4) is 45.0 Å². The normalized spacial score (nSPS) is 11.2. The Kier molecular flexibility index (Phi) is 20.1. The number of rotatable bonds is 4. The van der Waals surface area contributed by atoms with Gasteiger partial charge in [-0.2, -0.15) is 52.7 Å². The molecule has 0 aliphatic rings. The van der Waals surface area contributed by atoms with Crippen molar-refractivity contribution >= 4 is 0 Å². The molecule has 0 N–H and O–H groups in total. The minimum atomic E-state index is -4.72. The maximum Gasteiger partial charge on any atom is 3.00 e. The zero-order valence-corrected chi connectivity index (χ0v) is 36.5. The third-order valence-electron chi connectivity index (χ3n) is 8.67. The van der Waals surface area contributed by atoms with Gasteiger partial charge in [-0.3, -0.25) is 18.2 Å². The number of nitrogens with zero attached hydrogens (tertiary/aromatic N) is 4. The third kappa shape index (κ3) is 16.0. The molecular formula is C49H29F16IrN4. The van der Waals surface area contributed by atoms with Gasteiger partial charge in [0.1, 0.15) is 5.82 Å². The summed E-state index contributed by atoms with van der Waals surface area (Å²) in [7, 11) is 0. The van der Waals surface area contributed by atoms with Crippen LogP contribution in [-0.4, -0.2) is 19.9 Å². The van der Waals surface area contributed by atoms with Gasteiger partial charge in [0.05, 0.1) is 11.3 Å². The first-order chi connectivity index (χ1) is 31.9. The molecule has 0 spiro atoms. The van der Waals surface area contributed by atoms with Gasteiger partial charge in [0, 0.05) is 64.5 Å². The predicted octanol–water partition coefficient (Wildman–Crippen LogP) is 15.7.